The van der Waals surface area contributed by atoms with Gasteiger partial charge in [0.05, 0.1) is 0 Å². The number of aryl methyl sites for hydroxylation is 1. The molecule has 0 amide bonds. The van der Waals surface area contributed by atoms with Crippen molar-refractivity contribution in [2.75, 3.05) is 32.7 Å². The van der Waals surface area contributed by atoms with Gasteiger partial charge in [-0.1, -0.05) is 13.8 Å². The average molecular weight is 262 g/mol. The van der Waals surface area contributed by atoms with Crippen molar-refractivity contribution in [1.29, 1.82) is 0 Å². The van der Waals surface area contributed by atoms with Crippen LogP contribution < -0.4 is 0 Å². The van der Waals surface area contributed by atoms with Crippen molar-refractivity contribution in [3.63, 3.8) is 0 Å². The lowest BCUT2D eigenvalue weighted by Gasteiger charge is -2.34. The molecule has 0 saturated carbocycles. The third-order valence-electron chi connectivity index (χ3n) is 3.73. The van der Waals surface area contributed by atoms with Gasteiger partial charge in [0.1, 0.15) is 5.82 Å². The molecular weight excluding hydrogens is 236 g/mol. The van der Waals surface area contributed by atoms with Crippen LogP contribution in [-0.2, 0) is 6.54 Å². The molecule has 1 aromatic rings. The fourth-order valence-corrected chi connectivity index (χ4v) is 2.37. The Morgan fingerprint density at radius 2 is 1.63 bits per heavy atom. The topological polar surface area (TPSA) is 32.3 Å². The van der Waals surface area contributed by atoms with Crippen molar-refractivity contribution in [3.8, 4) is 0 Å². The maximum Gasteiger partial charge on any atom is 0.125 e. The van der Waals surface area contributed by atoms with Gasteiger partial charge in [-0.05, 0) is 25.8 Å². The number of aromatic nitrogens is 2. The van der Waals surface area contributed by atoms with Crippen LogP contribution in [0.25, 0.3) is 0 Å². The molecule has 0 aliphatic carbocycles. The van der Waals surface area contributed by atoms with Gasteiger partial charge in [0.2, 0.25) is 0 Å². The normalized spacial score (nSPS) is 18.1. The number of hydrogen-bond acceptors (Lipinski definition) is 4. The van der Waals surface area contributed by atoms with E-state index in [0.29, 0.717) is 0 Å². The van der Waals surface area contributed by atoms with Gasteiger partial charge < -0.3 is 4.90 Å². The van der Waals surface area contributed by atoms with Crippen molar-refractivity contribution in [3.05, 3.63) is 23.8 Å². The highest BCUT2D eigenvalue weighted by Crippen LogP contribution is 2.09. The Hall–Kier alpha value is -1.00. The molecule has 0 radical (unpaired) electrons. The minimum Gasteiger partial charge on any atom is -0.301 e. The first-order valence-electron chi connectivity index (χ1n) is 7.35. The van der Waals surface area contributed by atoms with E-state index >= 15 is 0 Å². The quantitative estimate of drug-likeness (QED) is 0.812. The van der Waals surface area contributed by atoms with Gasteiger partial charge in [-0.3, -0.25) is 4.90 Å². The fraction of sp³-hybridized carbons (Fsp3) is 0.733. The number of hydrogen-bond donors (Lipinski definition) is 0. The largest absolute Gasteiger partial charge is 0.301 e. The Labute approximate surface area is 116 Å². The summed E-state index contributed by atoms with van der Waals surface area (Å²) in [5.41, 5.74) is 1.22. The molecule has 106 valence electrons. The Balaban J connectivity index is 1.72. The summed E-state index contributed by atoms with van der Waals surface area (Å²) < 4.78 is 0. The summed E-state index contributed by atoms with van der Waals surface area (Å²) in [6.45, 7) is 13.5. The summed E-state index contributed by atoms with van der Waals surface area (Å²) in [6, 6.07) is 0. The average Bonchev–Trinajstić information content (AvgIpc) is 2.40. The molecule has 2 heterocycles. The number of piperazine rings is 1. The van der Waals surface area contributed by atoms with Gasteiger partial charge in [0.15, 0.2) is 0 Å². The second-order valence-electron chi connectivity index (χ2n) is 5.94. The van der Waals surface area contributed by atoms with E-state index in [0.717, 1.165) is 31.4 Å². The number of nitrogens with zero attached hydrogens (tertiary/aromatic N) is 4. The molecule has 1 saturated heterocycles. The first kappa shape index (κ1) is 14.4. The van der Waals surface area contributed by atoms with Crippen LogP contribution in [0.1, 0.15) is 31.7 Å². The smallest absolute Gasteiger partial charge is 0.125 e. The van der Waals surface area contributed by atoms with Crippen molar-refractivity contribution < 1.29 is 0 Å². The molecular formula is C15H26N4. The van der Waals surface area contributed by atoms with Gasteiger partial charge in [-0.2, -0.15) is 0 Å². The monoisotopic (exact) mass is 262 g/mol. The van der Waals surface area contributed by atoms with E-state index in [4.69, 9.17) is 0 Å². The Bertz CT molecular complexity index is 366. The van der Waals surface area contributed by atoms with Crippen LogP contribution in [0.4, 0.5) is 0 Å². The van der Waals surface area contributed by atoms with Gasteiger partial charge in [-0.15, -0.1) is 0 Å². The zero-order valence-corrected chi connectivity index (χ0v) is 12.5. The highest BCUT2D eigenvalue weighted by atomic mass is 15.3. The molecule has 0 atom stereocenters. The van der Waals surface area contributed by atoms with Crippen LogP contribution in [0.2, 0.25) is 0 Å². The molecule has 0 N–H and O–H groups in total. The second-order valence-corrected chi connectivity index (χ2v) is 5.94. The first-order chi connectivity index (χ1) is 9.13. The predicted molar refractivity (Wildman–Crippen MR) is 77.9 cm³/mol. The highest BCUT2D eigenvalue weighted by Gasteiger charge is 2.16. The predicted octanol–water partition coefficient (Wildman–Crippen LogP) is 1.95. The molecule has 4 heteroatoms. The molecule has 1 fully saturated rings. The number of rotatable bonds is 5. The third-order valence-corrected chi connectivity index (χ3v) is 3.73. The maximum atomic E-state index is 4.26. The fourth-order valence-electron chi connectivity index (χ4n) is 2.37. The minimum atomic E-state index is 0.808. The second kappa shape index (κ2) is 6.96. The molecule has 1 aliphatic heterocycles. The maximum absolute atomic E-state index is 4.26. The van der Waals surface area contributed by atoms with Crippen LogP contribution in [0.3, 0.4) is 0 Å². The summed E-state index contributed by atoms with van der Waals surface area (Å²) in [7, 11) is 0. The van der Waals surface area contributed by atoms with E-state index in [1.807, 2.05) is 19.3 Å². The van der Waals surface area contributed by atoms with E-state index in [2.05, 4.69) is 33.6 Å². The molecule has 4 nitrogen and oxygen atoms in total. The molecule has 19 heavy (non-hydrogen) atoms. The lowest BCUT2D eigenvalue weighted by Crippen LogP contribution is -2.46. The van der Waals surface area contributed by atoms with Crippen molar-refractivity contribution in [2.24, 2.45) is 5.92 Å². The molecule has 0 spiro atoms. The van der Waals surface area contributed by atoms with Gasteiger partial charge >= 0.3 is 0 Å². The van der Waals surface area contributed by atoms with E-state index in [1.54, 1.807) is 0 Å². The molecule has 1 aromatic heterocycles. The zero-order valence-electron chi connectivity index (χ0n) is 12.5. The highest BCUT2D eigenvalue weighted by molar-refractivity contribution is 5.04. The van der Waals surface area contributed by atoms with Crippen molar-refractivity contribution >= 4 is 0 Å². The lowest BCUT2D eigenvalue weighted by atomic mass is 10.1. The zero-order chi connectivity index (χ0) is 13.7. The minimum absolute atomic E-state index is 0.808. The SMILES string of the molecule is Cc1ncc(CN2CCN(CCC(C)C)CC2)cn1. The lowest BCUT2D eigenvalue weighted by molar-refractivity contribution is 0.123. The van der Waals surface area contributed by atoms with Gasteiger partial charge in [0, 0.05) is 50.7 Å². The molecule has 0 bridgehead atoms. The van der Waals surface area contributed by atoms with Crippen LogP contribution >= 0.6 is 0 Å². The molecule has 2 rings (SSSR count). The van der Waals surface area contributed by atoms with Gasteiger partial charge in [-0.25, -0.2) is 9.97 Å². The van der Waals surface area contributed by atoms with E-state index in [-0.39, 0.29) is 0 Å². The molecule has 1 aliphatic rings. The van der Waals surface area contributed by atoms with E-state index in [1.165, 1.54) is 31.6 Å². The Morgan fingerprint density at radius 3 is 2.21 bits per heavy atom. The first-order valence-corrected chi connectivity index (χ1v) is 7.35. The summed E-state index contributed by atoms with van der Waals surface area (Å²) in [5, 5.41) is 0. The van der Waals surface area contributed by atoms with Crippen LogP contribution in [0.5, 0.6) is 0 Å². The summed E-state index contributed by atoms with van der Waals surface area (Å²) >= 11 is 0. The summed E-state index contributed by atoms with van der Waals surface area (Å²) in [6.07, 6.45) is 5.22. The van der Waals surface area contributed by atoms with E-state index in [9.17, 15) is 0 Å². The third kappa shape index (κ3) is 4.88. The molecule has 0 unspecified atom stereocenters. The summed E-state index contributed by atoms with van der Waals surface area (Å²) in [4.78, 5) is 13.6. The Kier molecular flexibility index (Phi) is 5.28. The van der Waals surface area contributed by atoms with Crippen molar-refractivity contribution in [2.45, 2.75) is 33.7 Å². The Morgan fingerprint density at radius 1 is 1.05 bits per heavy atom. The summed E-state index contributed by atoms with van der Waals surface area (Å²) in [5.74, 6) is 1.66. The molecule has 0 aromatic carbocycles. The van der Waals surface area contributed by atoms with E-state index < -0.39 is 0 Å². The van der Waals surface area contributed by atoms with Crippen LogP contribution in [0.15, 0.2) is 12.4 Å². The van der Waals surface area contributed by atoms with Crippen LogP contribution in [0, 0.1) is 12.8 Å². The standard InChI is InChI=1S/C15H26N4/c1-13(2)4-5-18-6-8-19(9-7-18)12-15-10-16-14(3)17-11-15/h10-11,13H,4-9,12H2,1-3H3. The van der Waals surface area contributed by atoms with Crippen molar-refractivity contribution in [1.82, 2.24) is 19.8 Å². The van der Waals surface area contributed by atoms with Gasteiger partial charge in [0.25, 0.3) is 0 Å². The van der Waals surface area contributed by atoms with Crippen LogP contribution in [-0.4, -0.2) is 52.5 Å².